The summed E-state index contributed by atoms with van der Waals surface area (Å²) in [4.78, 5) is 4.82. The highest BCUT2D eigenvalue weighted by molar-refractivity contribution is 5.90. The van der Waals surface area contributed by atoms with Crippen LogP contribution in [0.3, 0.4) is 0 Å². The third kappa shape index (κ3) is 6.65. The minimum atomic E-state index is -0.130. The molecule has 1 aliphatic carbocycles. The molecule has 0 N–H and O–H groups in total. The Bertz CT molecular complexity index is 2290. The first-order valence-corrected chi connectivity index (χ1v) is 20.2. The molecule has 1 unspecified atom stereocenters. The van der Waals surface area contributed by atoms with Gasteiger partial charge in [0.1, 0.15) is 0 Å². The number of rotatable bonds is 13. The fourth-order valence-electron chi connectivity index (χ4n) is 9.19. The summed E-state index contributed by atoms with van der Waals surface area (Å²) in [7, 11) is 0. The second kappa shape index (κ2) is 15.5. The van der Waals surface area contributed by atoms with E-state index in [0.717, 1.165) is 35.6 Å². The zero-order chi connectivity index (χ0) is 37.8. The summed E-state index contributed by atoms with van der Waals surface area (Å²) in [6.45, 7) is 9.43. The SMILES string of the molecule is CCCCCC(CC)(c1ccc(N(c2ccccc2)c2ccccc2)cc1)c1ccc(N(c2ccccc2)c2cccc3c2C(C)(C)c2ccccc2-3)cc1. The van der Waals surface area contributed by atoms with Crippen LogP contribution in [-0.4, -0.2) is 0 Å². The summed E-state index contributed by atoms with van der Waals surface area (Å²) in [6.07, 6.45) is 5.76. The summed E-state index contributed by atoms with van der Waals surface area (Å²) in [5, 5.41) is 0. The smallest absolute Gasteiger partial charge is 0.0508 e. The summed E-state index contributed by atoms with van der Waals surface area (Å²) >= 11 is 0. The molecule has 274 valence electrons. The van der Waals surface area contributed by atoms with Gasteiger partial charge in [0.15, 0.2) is 0 Å². The third-order valence-corrected chi connectivity index (χ3v) is 12.0. The maximum Gasteiger partial charge on any atom is 0.0508 e. The van der Waals surface area contributed by atoms with Gasteiger partial charge in [-0.15, -0.1) is 0 Å². The molecule has 0 saturated carbocycles. The van der Waals surface area contributed by atoms with Gasteiger partial charge in [0.25, 0.3) is 0 Å². The lowest BCUT2D eigenvalue weighted by atomic mass is 9.69. The van der Waals surface area contributed by atoms with Crippen molar-refractivity contribution < 1.29 is 0 Å². The average molecular weight is 717 g/mol. The molecule has 0 radical (unpaired) electrons. The number of para-hydroxylation sites is 3. The van der Waals surface area contributed by atoms with Gasteiger partial charge in [-0.25, -0.2) is 0 Å². The molecule has 0 aromatic heterocycles. The van der Waals surface area contributed by atoms with E-state index >= 15 is 0 Å². The Balaban J connectivity index is 1.20. The van der Waals surface area contributed by atoms with Crippen LogP contribution < -0.4 is 9.80 Å². The van der Waals surface area contributed by atoms with Gasteiger partial charge in [0.2, 0.25) is 0 Å². The second-order valence-corrected chi connectivity index (χ2v) is 15.5. The summed E-state index contributed by atoms with van der Waals surface area (Å²) in [6, 6.07) is 67.0. The van der Waals surface area contributed by atoms with Crippen molar-refractivity contribution in [1.82, 2.24) is 0 Å². The standard InChI is InChI=1S/C53H52N2/c1-5-7-19-39-53(6-2,40-31-35-45(36-32-40)54(42-21-11-8-12-22-42)43-23-13-9-14-24-43)41-33-37-46(38-34-41)55(44-25-15-10-16-26-44)50-30-20-28-48-47-27-17-18-29-49(47)52(3,4)51(48)50/h8-18,20-38H,5-7,19,39H2,1-4H3. The molecule has 0 bridgehead atoms. The number of fused-ring (bicyclic) bond motifs is 3. The monoisotopic (exact) mass is 716 g/mol. The van der Waals surface area contributed by atoms with Crippen LogP contribution in [0.1, 0.15) is 82.1 Å². The molecular formula is C53H52N2. The van der Waals surface area contributed by atoms with E-state index in [2.05, 4.69) is 219 Å². The predicted molar refractivity (Wildman–Crippen MR) is 235 cm³/mol. The van der Waals surface area contributed by atoms with Crippen LogP contribution in [0.4, 0.5) is 34.1 Å². The fraction of sp³-hybridized carbons (Fsp3) is 0.208. The molecular weight excluding hydrogens is 665 g/mol. The molecule has 0 amide bonds. The fourth-order valence-corrected chi connectivity index (χ4v) is 9.19. The van der Waals surface area contributed by atoms with Crippen molar-refractivity contribution in [3.8, 4) is 11.1 Å². The van der Waals surface area contributed by atoms with Gasteiger partial charge in [-0.2, -0.15) is 0 Å². The van der Waals surface area contributed by atoms with Gasteiger partial charge in [-0.05, 0) is 113 Å². The Morgan fingerprint density at radius 2 is 0.891 bits per heavy atom. The van der Waals surface area contributed by atoms with Crippen molar-refractivity contribution in [3.05, 3.63) is 204 Å². The Morgan fingerprint density at radius 1 is 0.436 bits per heavy atom. The minimum absolute atomic E-state index is 0.105. The summed E-state index contributed by atoms with van der Waals surface area (Å²) in [5.41, 5.74) is 15.0. The molecule has 0 fully saturated rings. The van der Waals surface area contributed by atoms with E-state index in [1.807, 2.05) is 0 Å². The quantitative estimate of drug-likeness (QED) is 0.110. The van der Waals surface area contributed by atoms with E-state index in [1.165, 1.54) is 64.0 Å². The molecule has 0 saturated heterocycles. The lowest BCUT2D eigenvalue weighted by Crippen LogP contribution is -2.27. The number of hydrogen-bond acceptors (Lipinski definition) is 2. The van der Waals surface area contributed by atoms with Crippen LogP contribution >= 0.6 is 0 Å². The van der Waals surface area contributed by atoms with Gasteiger partial charge in [0.05, 0.1) is 5.69 Å². The molecule has 8 rings (SSSR count). The van der Waals surface area contributed by atoms with Crippen LogP contribution in [0.2, 0.25) is 0 Å². The Morgan fingerprint density at radius 3 is 1.42 bits per heavy atom. The van der Waals surface area contributed by atoms with Crippen LogP contribution in [0.15, 0.2) is 182 Å². The molecule has 1 aliphatic rings. The topological polar surface area (TPSA) is 6.48 Å². The molecule has 2 nitrogen and oxygen atoms in total. The van der Waals surface area contributed by atoms with Crippen LogP contribution in [0, 0.1) is 0 Å². The van der Waals surface area contributed by atoms with Gasteiger partial charge in [-0.1, -0.05) is 162 Å². The van der Waals surface area contributed by atoms with Crippen molar-refractivity contribution >= 4 is 34.1 Å². The lowest BCUT2D eigenvalue weighted by molar-refractivity contribution is 0.431. The zero-order valence-corrected chi connectivity index (χ0v) is 32.8. The number of benzene rings is 7. The first-order chi connectivity index (χ1) is 27.0. The lowest BCUT2D eigenvalue weighted by Gasteiger charge is -2.36. The number of hydrogen-bond donors (Lipinski definition) is 0. The highest BCUT2D eigenvalue weighted by Crippen LogP contribution is 2.54. The van der Waals surface area contributed by atoms with Gasteiger partial charge in [0, 0.05) is 39.3 Å². The highest BCUT2D eigenvalue weighted by Gasteiger charge is 2.39. The molecule has 7 aromatic rings. The van der Waals surface area contributed by atoms with Crippen molar-refractivity contribution in [2.45, 2.75) is 70.6 Å². The first kappa shape index (κ1) is 36.1. The van der Waals surface area contributed by atoms with Gasteiger partial charge >= 0.3 is 0 Å². The number of anilines is 6. The molecule has 0 spiro atoms. The normalized spacial score (nSPS) is 13.7. The van der Waals surface area contributed by atoms with Gasteiger partial charge < -0.3 is 9.80 Å². The van der Waals surface area contributed by atoms with E-state index in [9.17, 15) is 0 Å². The van der Waals surface area contributed by atoms with E-state index in [-0.39, 0.29) is 10.8 Å². The molecule has 0 heterocycles. The average Bonchev–Trinajstić information content (AvgIpc) is 3.48. The van der Waals surface area contributed by atoms with Crippen molar-refractivity contribution in [1.29, 1.82) is 0 Å². The van der Waals surface area contributed by atoms with E-state index in [1.54, 1.807) is 0 Å². The molecule has 1 atom stereocenters. The maximum absolute atomic E-state index is 2.47. The third-order valence-electron chi connectivity index (χ3n) is 12.0. The van der Waals surface area contributed by atoms with E-state index in [0.29, 0.717) is 0 Å². The second-order valence-electron chi connectivity index (χ2n) is 15.5. The van der Waals surface area contributed by atoms with Crippen molar-refractivity contribution in [2.75, 3.05) is 9.80 Å². The van der Waals surface area contributed by atoms with Crippen LogP contribution in [-0.2, 0) is 10.8 Å². The molecule has 2 heteroatoms. The largest absolute Gasteiger partial charge is 0.311 e. The molecule has 55 heavy (non-hydrogen) atoms. The number of nitrogens with zero attached hydrogens (tertiary/aromatic N) is 2. The van der Waals surface area contributed by atoms with Gasteiger partial charge in [-0.3, -0.25) is 0 Å². The summed E-state index contributed by atoms with van der Waals surface area (Å²) in [5.74, 6) is 0. The minimum Gasteiger partial charge on any atom is -0.311 e. The van der Waals surface area contributed by atoms with Crippen molar-refractivity contribution in [3.63, 3.8) is 0 Å². The zero-order valence-electron chi connectivity index (χ0n) is 32.8. The van der Waals surface area contributed by atoms with E-state index < -0.39 is 0 Å². The molecule has 0 aliphatic heterocycles. The maximum atomic E-state index is 2.47. The Labute approximate surface area is 328 Å². The van der Waals surface area contributed by atoms with Crippen LogP contribution in [0.25, 0.3) is 11.1 Å². The highest BCUT2D eigenvalue weighted by atomic mass is 15.1. The van der Waals surface area contributed by atoms with Crippen molar-refractivity contribution in [2.24, 2.45) is 0 Å². The summed E-state index contributed by atoms with van der Waals surface area (Å²) < 4.78 is 0. The molecule has 7 aromatic carbocycles. The predicted octanol–water partition coefficient (Wildman–Crippen LogP) is 15.2. The van der Waals surface area contributed by atoms with Crippen LogP contribution in [0.5, 0.6) is 0 Å². The Hall–Kier alpha value is -5.86. The van der Waals surface area contributed by atoms with E-state index in [4.69, 9.17) is 0 Å². The first-order valence-electron chi connectivity index (χ1n) is 20.2. The number of unbranched alkanes of at least 4 members (excludes halogenated alkanes) is 2. The Kier molecular flexibility index (Phi) is 10.2.